The van der Waals surface area contributed by atoms with Crippen molar-refractivity contribution in [2.75, 3.05) is 17.2 Å². The quantitative estimate of drug-likeness (QED) is 0.610. The number of anilines is 2. The molecule has 4 rings (SSSR count). The number of nitrogens with zero attached hydrogens (tertiary/aromatic N) is 1. The number of ether oxygens (including phenoxy) is 2. The van der Waals surface area contributed by atoms with E-state index in [2.05, 4.69) is 15.6 Å². The third-order valence-corrected chi connectivity index (χ3v) is 5.06. The average molecular weight is 423 g/mol. The lowest BCUT2D eigenvalue weighted by Crippen LogP contribution is -2.30. The van der Waals surface area contributed by atoms with Crippen molar-refractivity contribution in [2.45, 2.75) is 13.0 Å². The molecular formula is C21H17N3O5S. The summed E-state index contributed by atoms with van der Waals surface area (Å²) in [5, 5.41) is 7.56. The topological polar surface area (TPSA) is 107 Å². The van der Waals surface area contributed by atoms with Crippen LogP contribution in [0.5, 0.6) is 5.75 Å². The number of benzene rings is 2. The molecule has 0 radical (unpaired) electrons. The maximum atomic E-state index is 12.4. The first kappa shape index (κ1) is 19.6. The zero-order chi connectivity index (χ0) is 21.1. The van der Waals surface area contributed by atoms with Gasteiger partial charge in [-0.1, -0.05) is 30.3 Å². The lowest BCUT2D eigenvalue weighted by atomic mass is 10.1. The van der Waals surface area contributed by atoms with Gasteiger partial charge >= 0.3 is 5.97 Å². The molecule has 0 spiro atoms. The lowest BCUT2D eigenvalue weighted by Gasteiger charge is -2.18. The smallest absolute Gasteiger partial charge is 0.339 e. The third-order valence-electron chi connectivity index (χ3n) is 4.31. The van der Waals surface area contributed by atoms with Gasteiger partial charge < -0.3 is 14.8 Å². The predicted octanol–water partition coefficient (Wildman–Crippen LogP) is 3.33. The number of carbonyl (C=O) groups is 3. The monoisotopic (exact) mass is 423 g/mol. The van der Waals surface area contributed by atoms with Crippen LogP contribution >= 0.6 is 11.3 Å². The Kier molecular flexibility index (Phi) is 5.44. The molecule has 30 heavy (non-hydrogen) atoms. The number of fused-ring (bicyclic) bond motifs is 1. The van der Waals surface area contributed by atoms with Crippen molar-refractivity contribution < 1.29 is 23.9 Å². The van der Waals surface area contributed by atoms with Crippen molar-refractivity contribution in [3.8, 4) is 17.0 Å². The van der Waals surface area contributed by atoms with E-state index in [4.69, 9.17) is 9.47 Å². The van der Waals surface area contributed by atoms with Gasteiger partial charge in [-0.25, -0.2) is 9.78 Å². The van der Waals surface area contributed by atoms with Gasteiger partial charge in [0.15, 0.2) is 17.8 Å². The first-order valence-corrected chi connectivity index (χ1v) is 9.97. The van der Waals surface area contributed by atoms with Crippen molar-refractivity contribution in [1.29, 1.82) is 0 Å². The molecular weight excluding hydrogens is 406 g/mol. The number of nitrogens with one attached hydrogen (secondary N) is 2. The Bertz CT molecular complexity index is 1110. The van der Waals surface area contributed by atoms with Crippen LogP contribution in [0.1, 0.15) is 17.3 Å². The fourth-order valence-electron chi connectivity index (χ4n) is 2.76. The molecule has 9 heteroatoms. The van der Waals surface area contributed by atoms with E-state index >= 15 is 0 Å². The van der Waals surface area contributed by atoms with Gasteiger partial charge in [-0.05, 0) is 25.1 Å². The Balaban J connectivity index is 1.37. The summed E-state index contributed by atoms with van der Waals surface area (Å²) < 4.78 is 10.5. The highest BCUT2D eigenvalue weighted by atomic mass is 32.1. The number of aromatic nitrogens is 1. The van der Waals surface area contributed by atoms with Gasteiger partial charge in [0.1, 0.15) is 5.75 Å². The van der Waals surface area contributed by atoms with E-state index in [1.54, 1.807) is 6.07 Å². The maximum absolute atomic E-state index is 12.4. The number of rotatable bonds is 5. The van der Waals surface area contributed by atoms with Crippen LogP contribution in [-0.4, -0.2) is 35.5 Å². The van der Waals surface area contributed by atoms with Crippen LogP contribution in [0.15, 0.2) is 53.9 Å². The van der Waals surface area contributed by atoms with Crippen molar-refractivity contribution >= 4 is 39.9 Å². The zero-order valence-corrected chi connectivity index (χ0v) is 16.7. The summed E-state index contributed by atoms with van der Waals surface area (Å²) >= 11 is 1.29. The van der Waals surface area contributed by atoms with Crippen molar-refractivity contribution in [3.05, 3.63) is 59.5 Å². The molecule has 0 aliphatic carbocycles. The highest BCUT2D eigenvalue weighted by Gasteiger charge is 2.22. The van der Waals surface area contributed by atoms with Gasteiger partial charge in [0.2, 0.25) is 0 Å². The Morgan fingerprint density at radius 3 is 2.83 bits per heavy atom. The van der Waals surface area contributed by atoms with Crippen molar-refractivity contribution in [3.63, 3.8) is 0 Å². The molecule has 0 saturated carbocycles. The molecule has 0 fully saturated rings. The van der Waals surface area contributed by atoms with Gasteiger partial charge in [-0.3, -0.25) is 14.9 Å². The number of carbonyl (C=O) groups excluding carboxylic acids is 3. The Morgan fingerprint density at radius 1 is 1.23 bits per heavy atom. The van der Waals surface area contributed by atoms with E-state index in [-0.39, 0.29) is 18.1 Å². The Labute approximate surface area is 175 Å². The summed E-state index contributed by atoms with van der Waals surface area (Å²) in [4.78, 5) is 40.5. The summed E-state index contributed by atoms with van der Waals surface area (Å²) in [5.74, 6) is -1.05. The molecule has 2 heterocycles. The first-order chi connectivity index (χ1) is 14.5. The van der Waals surface area contributed by atoms with Crippen LogP contribution in [0.3, 0.4) is 0 Å². The Morgan fingerprint density at radius 2 is 2.03 bits per heavy atom. The second-order valence-electron chi connectivity index (χ2n) is 6.49. The molecule has 0 bridgehead atoms. The molecule has 1 aliphatic rings. The second kappa shape index (κ2) is 8.34. The van der Waals surface area contributed by atoms with Crippen molar-refractivity contribution in [1.82, 2.24) is 4.98 Å². The molecule has 1 atom stereocenters. The molecule has 0 saturated heterocycles. The second-order valence-corrected chi connectivity index (χ2v) is 7.35. The van der Waals surface area contributed by atoms with Crippen LogP contribution in [-0.2, 0) is 14.3 Å². The minimum atomic E-state index is -1.03. The van der Waals surface area contributed by atoms with Crippen LogP contribution in [0, 0.1) is 0 Å². The Hall–Kier alpha value is -3.72. The zero-order valence-electron chi connectivity index (χ0n) is 15.9. The third kappa shape index (κ3) is 4.31. The standard InChI is InChI=1S/C21H17N3O5S/c1-12(19(26)24-21-23-16(11-30-21)13-5-3-2-4-6-13)29-20(27)14-7-8-15-17(9-14)28-10-18(25)22-15/h2-9,11-12H,10H2,1H3,(H,22,25)(H,23,24,26)/t12-/m1/s1. The van der Waals surface area contributed by atoms with Crippen LogP contribution in [0.4, 0.5) is 10.8 Å². The molecule has 2 N–H and O–H groups in total. The van der Waals surface area contributed by atoms with E-state index in [1.807, 2.05) is 35.7 Å². The molecule has 152 valence electrons. The highest BCUT2D eigenvalue weighted by molar-refractivity contribution is 7.14. The summed E-state index contributed by atoms with van der Waals surface area (Å²) in [6.45, 7) is 1.36. The minimum Gasteiger partial charge on any atom is -0.482 e. The van der Waals surface area contributed by atoms with Crippen LogP contribution < -0.4 is 15.4 Å². The van der Waals surface area contributed by atoms with E-state index in [0.717, 1.165) is 11.3 Å². The molecule has 2 amide bonds. The fraction of sp³-hybridized carbons (Fsp3) is 0.143. The molecule has 1 aliphatic heterocycles. The van der Waals surface area contributed by atoms with Crippen LogP contribution in [0.25, 0.3) is 11.3 Å². The van der Waals surface area contributed by atoms with E-state index in [1.165, 1.54) is 30.4 Å². The normalized spacial score (nSPS) is 13.4. The van der Waals surface area contributed by atoms with Gasteiger partial charge in [0.05, 0.1) is 16.9 Å². The summed E-state index contributed by atoms with van der Waals surface area (Å²) in [6.07, 6.45) is -1.03. The molecule has 2 aromatic carbocycles. The fourth-order valence-corrected chi connectivity index (χ4v) is 3.49. The van der Waals surface area contributed by atoms with E-state index < -0.39 is 18.0 Å². The average Bonchev–Trinajstić information content (AvgIpc) is 3.22. The number of hydrogen-bond acceptors (Lipinski definition) is 7. The summed E-state index contributed by atoms with van der Waals surface area (Å²) in [7, 11) is 0. The molecule has 1 aromatic heterocycles. The first-order valence-electron chi connectivity index (χ1n) is 9.09. The minimum absolute atomic E-state index is 0.122. The number of thiazole rings is 1. The molecule has 8 nitrogen and oxygen atoms in total. The molecule has 0 unspecified atom stereocenters. The van der Waals surface area contributed by atoms with Gasteiger partial charge in [0.25, 0.3) is 11.8 Å². The summed E-state index contributed by atoms with van der Waals surface area (Å²) in [6, 6.07) is 14.1. The lowest BCUT2D eigenvalue weighted by molar-refractivity contribution is -0.123. The molecule has 3 aromatic rings. The van der Waals surface area contributed by atoms with Gasteiger partial charge in [-0.15, -0.1) is 11.3 Å². The number of esters is 1. The van der Waals surface area contributed by atoms with Gasteiger partial charge in [-0.2, -0.15) is 0 Å². The highest BCUT2D eigenvalue weighted by Crippen LogP contribution is 2.29. The van der Waals surface area contributed by atoms with E-state index in [9.17, 15) is 14.4 Å². The van der Waals surface area contributed by atoms with Crippen LogP contribution in [0.2, 0.25) is 0 Å². The van der Waals surface area contributed by atoms with Gasteiger partial charge in [0, 0.05) is 10.9 Å². The van der Waals surface area contributed by atoms with Crippen molar-refractivity contribution in [2.24, 2.45) is 0 Å². The summed E-state index contributed by atoms with van der Waals surface area (Å²) in [5.41, 5.74) is 2.39. The SMILES string of the molecule is C[C@@H](OC(=O)c1ccc2c(c1)OCC(=O)N2)C(=O)Nc1nc(-c2ccccc2)cs1. The predicted molar refractivity (Wildman–Crippen MR) is 112 cm³/mol. The largest absolute Gasteiger partial charge is 0.482 e. The maximum Gasteiger partial charge on any atom is 0.339 e. The number of amides is 2. The number of hydrogen-bond donors (Lipinski definition) is 2. The van der Waals surface area contributed by atoms with E-state index in [0.29, 0.717) is 16.6 Å².